The van der Waals surface area contributed by atoms with Gasteiger partial charge in [0.1, 0.15) is 18.5 Å². The molecule has 4 nitrogen and oxygen atoms in total. The molecule has 1 aromatic carbocycles. The lowest BCUT2D eigenvalue weighted by atomic mass is 10.2. The third-order valence-corrected chi connectivity index (χ3v) is 3.72. The number of amides is 1. The van der Waals surface area contributed by atoms with Crippen molar-refractivity contribution >= 4 is 17.2 Å². The van der Waals surface area contributed by atoms with E-state index in [4.69, 9.17) is 4.74 Å². The molecule has 1 amide bonds. The number of rotatable bonds is 6. The summed E-state index contributed by atoms with van der Waals surface area (Å²) in [6.07, 6.45) is -5.49. The Kier molecular flexibility index (Phi) is 5.62. The summed E-state index contributed by atoms with van der Waals surface area (Å²) in [6, 6.07) is 7.76. The van der Waals surface area contributed by atoms with Gasteiger partial charge in [0.25, 0.3) is 5.91 Å². The van der Waals surface area contributed by atoms with Gasteiger partial charge in [0.15, 0.2) is 0 Å². The van der Waals surface area contributed by atoms with Crippen molar-refractivity contribution in [2.45, 2.75) is 12.3 Å². The van der Waals surface area contributed by atoms with Crippen molar-refractivity contribution in [1.82, 2.24) is 5.32 Å². The van der Waals surface area contributed by atoms with Crippen molar-refractivity contribution in [2.24, 2.45) is 0 Å². The molecule has 0 saturated heterocycles. The van der Waals surface area contributed by atoms with Crippen LogP contribution in [-0.2, 0) is 6.18 Å². The van der Waals surface area contributed by atoms with Crippen LogP contribution in [0.2, 0.25) is 0 Å². The second-order valence-corrected chi connectivity index (χ2v) is 5.63. The molecule has 0 spiro atoms. The van der Waals surface area contributed by atoms with Crippen molar-refractivity contribution in [3.8, 4) is 5.75 Å². The van der Waals surface area contributed by atoms with E-state index in [2.05, 4.69) is 5.32 Å². The van der Waals surface area contributed by atoms with Crippen LogP contribution in [0.25, 0.3) is 0 Å². The minimum absolute atomic E-state index is 0.00320. The van der Waals surface area contributed by atoms with Crippen molar-refractivity contribution in [3.63, 3.8) is 0 Å². The Morgan fingerprint density at radius 3 is 2.74 bits per heavy atom. The van der Waals surface area contributed by atoms with Gasteiger partial charge in [0, 0.05) is 6.54 Å². The quantitative estimate of drug-likeness (QED) is 0.846. The Bertz CT molecular complexity index is 644. The highest BCUT2D eigenvalue weighted by Gasteiger charge is 2.30. The van der Waals surface area contributed by atoms with Crippen LogP contribution in [0.1, 0.15) is 15.2 Å². The topological polar surface area (TPSA) is 58.6 Å². The lowest BCUT2D eigenvalue weighted by molar-refractivity contribution is -0.137. The molecule has 0 saturated carbocycles. The molecule has 8 heteroatoms. The summed E-state index contributed by atoms with van der Waals surface area (Å²) in [5.74, 6) is -0.318. The molecule has 1 aromatic heterocycles. The van der Waals surface area contributed by atoms with Gasteiger partial charge in [-0.15, -0.1) is 11.3 Å². The van der Waals surface area contributed by atoms with Gasteiger partial charge >= 0.3 is 6.18 Å². The van der Waals surface area contributed by atoms with E-state index < -0.39 is 17.8 Å². The zero-order valence-electron chi connectivity index (χ0n) is 11.8. The number of alkyl halides is 3. The summed E-state index contributed by atoms with van der Waals surface area (Å²) in [5.41, 5.74) is -0.824. The van der Waals surface area contributed by atoms with E-state index in [0.717, 1.165) is 12.1 Å². The van der Waals surface area contributed by atoms with Crippen LogP contribution in [-0.4, -0.2) is 30.3 Å². The zero-order valence-corrected chi connectivity index (χ0v) is 12.7. The predicted octanol–water partition coefficient (Wildman–Crippen LogP) is 2.94. The third kappa shape index (κ3) is 5.26. The van der Waals surface area contributed by atoms with Crippen LogP contribution in [0, 0.1) is 0 Å². The smallest absolute Gasteiger partial charge is 0.416 e. The molecule has 0 fully saturated rings. The summed E-state index contributed by atoms with van der Waals surface area (Å²) < 4.78 is 42.8. The molecule has 0 unspecified atom stereocenters. The second-order valence-electron chi connectivity index (χ2n) is 4.68. The van der Waals surface area contributed by atoms with Gasteiger partial charge in [-0.25, -0.2) is 0 Å². The molecule has 2 aromatic rings. The Hall–Kier alpha value is -2.06. The molecule has 0 aliphatic rings. The first-order valence-corrected chi connectivity index (χ1v) is 7.54. The van der Waals surface area contributed by atoms with Gasteiger partial charge in [0.2, 0.25) is 0 Å². The number of carbonyl (C=O) groups is 1. The van der Waals surface area contributed by atoms with Crippen LogP contribution in [0.3, 0.4) is 0 Å². The van der Waals surface area contributed by atoms with Gasteiger partial charge < -0.3 is 15.2 Å². The highest BCUT2D eigenvalue weighted by molar-refractivity contribution is 7.12. The minimum atomic E-state index is -4.45. The van der Waals surface area contributed by atoms with Crippen LogP contribution < -0.4 is 10.1 Å². The maximum Gasteiger partial charge on any atom is 0.416 e. The van der Waals surface area contributed by atoms with E-state index in [9.17, 15) is 23.1 Å². The van der Waals surface area contributed by atoms with E-state index >= 15 is 0 Å². The monoisotopic (exact) mass is 345 g/mol. The molecule has 0 aliphatic carbocycles. The average Bonchev–Trinajstić information content (AvgIpc) is 3.04. The first-order valence-electron chi connectivity index (χ1n) is 6.66. The Morgan fingerprint density at radius 2 is 2.09 bits per heavy atom. The number of halogens is 3. The largest absolute Gasteiger partial charge is 0.491 e. The first-order chi connectivity index (χ1) is 10.9. The summed E-state index contributed by atoms with van der Waals surface area (Å²) in [7, 11) is 0. The molecular formula is C15H14F3NO3S. The number of ether oxygens (including phenoxy) is 1. The fourth-order valence-corrected chi connectivity index (χ4v) is 2.36. The summed E-state index contributed by atoms with van der Waals surface area (Å²) in [5, 5.41) is 14.0. The maximum absolute atomic E-state index is 12.6. The molecule has 0 aliphatic heterocycles. The third-order valence-electron chi connectivity index (χ3n) is 2.85. The lowest BCUT2D eigenvalue weighted by Gasteiger charge is -2.14. The van der Waals surface area contributed by atoms with Gasteiger partial charge in [-0.3, -0.25) is 4.79 Å². The molecule has 1 heterocycles. The van der Waals surface area contributed by atoms with Crippen molar-refractivity contribution in [1.29, 1.82) is 0 Å². The number of hydrogen-bond acceptors (Lipinski definition) is 4. The van der Waals surface area contributed by atoms with Crippen LogP contribution in [0.15, 0.2) is 41.8 Å². The standard InChI is InChI=1S/C15H14F3NO3S/c16-15(17,18)10-3-1-4-12(7-10)22-9-11(20)8-19-14(21)13-5-2-6-23-13/h1-7,11,20H,8-9H2,(H,19,21)/t11-/m1/s1. The molecule has 23 heavy (non-hydrogen) atoms. The Morgan fingerprint density at radius 1 is 1.30 bits per heavy atom. The number of carbonyl (C=O) groups excluding carboxylic acids is 1. The minimum Gasteiger partial charge on any atom is -0.491 e. The summed E-state index contributed by atoms with van der Waals surface area (Å²) in [4.78, 5) is 12.2. The van der Waals surface area contributed by atoms with E-state index in [1.165, 1.54) is 23.5 Å². The molecule has 2 N–H and O–H groups in total. The molecule has 2 rings (SSSR count). The molecule has 124 valence electrons. The average molecular weight is 345 g/mol. The van der Waals surface area contributed by atoms with Crippen LogP contribution in [0.4, 0.5) is 13.2 Å². The van der Waals surface area contributed by atoms with Gasteiger partial charge in [-0.1, -0.05) is 12.1 Å². The fraction of sp³-hybridized carbons (Fsp3) is 0.267. The lowest BCUT2D eigenvalue weighted by Crippen LogP contribution is -2.35. The summed E-state index contributed by atoms with van der Waals surface area (Å²) >= 11 is 1.27. The first kappa shape index (κ1) is 17.3. The van der Waals surface area contributed by atoms with Crippen LogP contribution in [0.5, 0.6) is 5.75 Å². The number of benzene rings is 1. The Balaban J connectivity index is 1.80. The summed E-state index contributed by atoms with van der Waals surface area (Å²) in [6.45, 7) is -0.290. The molecule has 0 radical (unpaired) electrons. The SMILES string of the molecule is O=C(NC[C@@H](O)COc1cccc(C(F)(F)F)c1)c1cccs1. The number of nitrogens with one attached hydrogen (secondary N) is 1. The maximum atomic E-state index is 12.6. The zero-order chi connectivity index (χ0) is 16.9. The number of aliphatic hydroxyl groups is 1. The van der Waals surface area contributed by atoms with E-state index in [1.54, 1.807) is 17.5 Å². The van der Waals surface area contributed by atoms with Gasteiger partial charge in [-0.05, 0) is 29.6 Å². The fourth-order valence-electron chi connectivity index (χ4n) is 1.72. The predicted molar refractivity (Wildman–Crippen MR) is 79.6 cm³/mol. The number of hydrogen-bond donors (Lipinski definition) is 2. The molecule has 0 bridgehead atoms. The molecular weight excluding hydrogens is 331 g/mol. The van der Waals surface area contributed by atoms with E-state index in [0.29, 0.717) is 4.88 Å². The van der Waals surface area contributed by atoms with E-state index in [1.807, 2.05) is 0 Å². The van der Waals surface area contributed by atoms with Gasteiger partial charge in [-0.2, -0.15) is 13.2 Å². The van der Waals surface area contributed by atoms with Crippen LogP contribution >= 0.6 is 11.3 Å². The highest BCUT2D eigenvalue weighted by Crippen LogP contribution is 2.31. The van der Waals surface area contributed by atoms with Gasteiger partial charge in [0.05, 0.1) is 10.4 Å². The van der Waals surface area contributed by atoms with Crippen molar-refractivity contribution in [3.05, 3.63) is 52.2 Å². The number of thiophene rings is 1. The van der Waals surface area contributed by atoms with E-state index in [-0.39, 0.29) is 24.8 Å². The van der Waals surface area contributed by atoms with Crippen molar-refractivity contribution < 1.29 is 27.8 Å². The second kappa shape index (κ2) is 7.47. The highest BCUT2D eigenvalue weighted by atomic mass is 32.1. The van der Waals surface area contributed by atoms with Crippen molar-refractivity contribution in [2.75, 3.05) is 13.2 Å². The number of aliphatic hydroxyl groups excluding tert-OH is 1. The normalized spacial score (nSPS) is 12.7. The molecule has 1 atom stereocenters. The Labute approximate surface area is 134 Å².